The number of aromatic nitrogens is 1. The lowest BCUT2D eigenvalue weighted by Gasteiger charge is -2.10. The lowest BCUT2D eigenvalue weighted by atomic mass is 10.1. The van der Waals surface area contributed by atoms with Gasteiger partial charge in [0.25, 0.3) is 0 Å². The molecule has 7 heteroatoms. The van der Waals surface area contributed by atoms with Gasteiger partial charge >= 0.3 is 6.18 Å². The molecule has 2 rings (SSSR count). The van der Waals surface area contributed by atoms with E-state index in [1.54, 1.807) is 0 Å². The number of benzene rings is 1. The summed E-state index contributed by atoms with van der Waals surface area (Å²) >= 11 is 2.91. The Morgan fingerprint density at radius 1 is 1.28 bits per heavy atom. The molecular formula is C11H6BrF4NO. The van der Waals surface area contributed by atoms with E-state index in [4.69, 9.17) is 0 Å². The second kappa shape index (κ2) is 4.08. The molecule has 1 N–H and O–H groups in total. The smallest absolute Gasteiger partial charge is 0.350 e. The van der Waals surface area contributed by atoms with Crippen LogP contribution in [-0.4, -0.2) is 4.98 Å². The fourth-order valence-corrected chi connectivity index (χ4v) is 2.21. The first-order valence-electron chi connectivity index (χ1n) is 4.80. The second-order valence-electron chi connectivity index (χ2n) is 3.78. The van der Waals surface area contributed by atoms with Crippen LogP contribution in [0, 0.1) is 12.7 Å². The molecule has 2 aromatic rings. The summed E-state index contributed by atoms with van der Waals surface area (Å²) in [7, 11) is 0. The quantitative estimate of drug-likeness (QED) is 0.736. The number of pyridine rings is 1. The van der Waals surface area contributed by atoms with Crippen LogP contribution in [0.25, 0.3) is 10.9 Å². The normalized spacial score (nSPS) is 12.1. The summed E-state index contributed by atoms with van der Waals surface area (Å²) in [5.41, 5.74) is -1.99. The molecule has 0 saturated carbocycles. The minimum Gasteiger partial charge on any atom is -0.350 e. The van der Waals surface area contributed by atoms with Gasteiger partial charge in [0.1, 0.15) is 5.69 Å². The average molecular weight is 324 g/mol. The van der Waals surface area contributed by atoms with Gasteiger partial charge in [-0.15, -0.1) is 0 Å². The standard InChI is InChI=1S/C11H6BrF4NO/c1-4-2-5(12)9(13)8-6(18)3-7(11(14,15)16)17-10(4)8/h2-3H,1H3,(H,17,18). The van der Waals surface area contributed by atoms with E-state index in [-0.39, 0.29) is 15.4 Å². The number of aromatic amines is 1. The third kappa shape index (κ3) is 2.03. The molecule has 1 aromatic carbocycles. The number of H-pyrrole nitrogens is 1. The molecule has 0 aliphatic heterocycles. The monoisotopic (exact) mass is 323 g/mol. The average Bonchev–Trinajstić information content (AvgIpc) is 2.24. The Hall–Kier alpha value is -1.37. The number of rotatable bonds is 0. The molecule has 0 aliphatic carbocycles. The Morgan fingerprint density at radius 2 is 1.89 bits per heavy atom. The molecule has 1 aromatic heterocycles. The van der Waals surface area contributed by atoms with Gasteiger partial charge in [-0.2, -0.15) is 13.2 Å². The number of alkyl halides is 3. The molecule has 1 heterocycles. The van der Waals surface area contributed by atoms with Gasteiger partial charge in [0.15, 0.2) is 11.2 Å². The fourth-order valence-electron chi connectivity index (χ4n) is 1.67. The van der Waals surface area contributed by atoms with Crippen LogP contribution in [0.2, 0.25) is 0 Å². The van der Waals surface area contributed by atoms with E-state index in [0.29, 0.717) is 11.6 Å². The summed E-state index contributed by atoms with van der Waals surface area (Å²) in [6.45, 7) is 1.49. The van der Waals surface area contributed by atoms with Crippen LogP contribution in [-0.2, 0) is 6.18 Å². The Morgan fingerprint density at radius 3 is 2.44 bits per heavy atom. The van der Waals surface area contributed by atoms with Crippen molar-refractivity contribution in [2.75, 3.05) is 0 Å². The summed E-state index contributed by atoms with van der Waals surface area (Å²) < 4.78 is 51.4. The van der Waals surface area contributed by atoms with Gasteiger partial charge in [-0.05, 0) is 34.5 Å². The minimum absolute atomic E-state index is 0.0396. The van der Waals surface area contributed by atoms with Crippen molar-refractivity contribution in [3.8, 4) is 0 Å². The van der Waals surface area contributed by atoms with Crippen LogP contribution in [0.3, 0.4) is 0 Å². The molecule has 0 spiro atoms. The highest BCUT2D eigenvalue weighted by Crippen LogP contribution is 2.30. The lowest BCUT2D eigenvalue weighted by molar-refractivity contribution is -0.141. The summed E-state index contributed by atoms with van der Waals surface area (Å²) in [6, 6.07) is 1.67. The number of aryl methyl sites for hydroxylation is 1. The highest BCUT2D eigenvalue weighted by atomic mass is 79.9. The topological polar surface area (TPSA) is 32.9 Å². The first-order valence-corrected chi connectivity index (χ1v) is 5.60. The van der Waals surface area contributed by atoms with Crippen molar-refractivity contribution in [1.29, 1.82) is 0 Å². The second-order valence-corrected chi connectivity index (χ2v) is 4.64. The van der Waals surface area contributed by atoms with Crippen molar-refractivity contribution in [3.63, 3.8) is 0 Å². The van der Waals surface area contributed by atoms with Gasteiger partial charge < -0.3 is 4.98 Å². The first kappa shape index (κ1) is 13.1. The van der Waals surface area contributed by atoms with E-state index >= 15 is 0 Å². The predicted molar refractivity (Wildman–Crippen MR) is 62.0 cm³/mol. The zero-order valence-corrected chi connectivity index (χ0v) is 10.5. The SMILES string of the molecule is Cc1cc(Br)c(F)c2c(=O)cc(C(F)(F)F)[nH]c12. The molecule has 0 saturated heterocycles. The molecule has 0 aliphatic rings. The molecule has 2 nitrogen and oxygen atoms in total. The highest BCUT2D eigenvalue weighted by Gasteiger charge is 2.33. The number of fused-ring (bicyclic) bond motifs is 1. The van der Waals surface area contributed by atoms with E-state index in [1.165, 1.54) is 13.0 Å². The maximum Gasteiger partial charge on any atom is 0.431 e. The van der Waals surface area contributed by atoms with Gasteiger partial charge in [0, 0.05) is 6.07 Å². The van der Waals surface area contributed by atoms with E-state index in [1.807, 2.05) is 0 Å². The van der Waals surface area contributed by atoms with Gasteiger partial charge in [0.2, 0.25) is 0 Å². The van der Waals surface area contributed by atoms with Crippen molar-refractivity contribution in [2.45, 2.75) is 13.1 Å². The van der Waals surface area contributed by atoms with Crippen molar-refractivity contribution >= 4 is 26.8 Å². The van der Waals surface area contributed by atoms with Crippen molar-refractivity contribution in [2.24, 2.45) is 0 Å². The molecular weight excluding hydrogens is 318 g/mol. The van der Waals surface area contributed by atoms with Gasteiger partial charge in [-0.3, -0.25) is 4.79 Å². The molecule has 96 valence electrons. The van der Waals surface area contributed by atoms with Crippen molar-refractivity contribution in [3.05, 3.63) is 43.9 Å². The Labute approximate surface area is 107 Å². The predicted octanol–water partition coefficient (Wildman–Crippen LogP) is 3.76. The maximum atomic E-state index is 13.7. The van der Waals surface area contributed by atoms with Crippen LogP contribution in [0.15, 0.2) is 21.4 Å². The number of nitrogens with one attached hydrogen (secondary N) is 1. The van der Waals surface area contributed by atoms with Crippen LogP contribution in [0.1, 0.15) is 11.3 Å². The third-order valence-corrected chi connectivity index (χ3v) is 3.08. The van der Waals surface area contributed by atoms with E-state index in [9.17, 15) is 22.4 Å². The molecule has 0 fully saturated rings. The van der Waals surface area contributed by atoms with Crippen LogP contribution in [0.5, 0.6) is 0 Å². The molecule has 0 bridgehead atoms. The number of hydrogen-bond donors (Lipinski definition) is 1. The van der Waals surface area contributed by atoms with E-state index < -0.39 is 23.1 Å². The van der Waals surface area contributed by atoms with Crippen LogP contribution >= 0.6 is 15.9 Å². The van der Waals surface area contributed by atoms with E-state index in [0.717, 1.165) is 0 Å². The molecule has 0 amide bonds. The zero-order valence-electron chi connectivity index (χ0n) is 8.95. The van der Waals surface area contributed by atoms with Crippen LogP contribution in [0.4, 0.5) is 17.6 Å². The lowest BCUT2D eigenvalue weighted by Crippen LogP contribution is -2.15. The molecule has 18 heavy (non-hydrogen) atoms. The number of hydrogen-bond acceptors (Lipinski definition) is 1. The van der Waals surface area contributed by atoms with Gasteiger partial charge in [-0.1, -0.05) is 0 Å². The Bertz CT molecular complexity index is 690. The van der Waals surface area contributed by atoms with Crippen LogP contribution < -0.4 is 5.43 Å². The Balaban J connectivity index is 2.96. The molecule has 0 radical (unpaired) electrons. The zero-order chi connectivity index (χ0) is 13.7. The summed E-state index contributed by atoms with van der Waals surface area (Å²) in [5.74, 6) is -0.870. The minimum atomic E-state index is -4.68. The highest BCUT2D eigenvalue weighted by molar-refractivity contribution is 9.10. The fraction of sp³-hybridized carbons (Fsp3) is 0.182. The summed E-state index contributed by atoms with van der Waals surface area (Å²) in [6.07, 6.45) is -4.68. The van der Waals surface area contributed by atoms with Gasteiger partial charge in [0.05, 0.1) is 15.4 Å². The largest absolute Gasteiger partial charge is 0.431 e. The molecule has 0 unspecified atom stereocenters. The summed E-state index contributed by atoms with van der Waals surface area (Å²) in [4.78, 5) is 13.6. The van der Waals surface area contributed by atoms with Crippen molar-refractivity contribution < 1.29 is 17.6 Å². The summed E-state index contributed by atoms with van der Waals surface area (Å²) in [5, 5.41) is -0.380. The third-order valence-electron chi connectivity index (χ3n) is 2.50. The Kier molecular flexibility index (Phi) is 2.96. The van der Waals surface area contributed by atoms with Crippen molar-refractivity contribution in [1.82, 2.24) is 4.98 Å². The van der Waals surface area contributed by atoms with Gasteiger partial charge in [-0.25, -0.2) is 4.39 Å². The number of halogens is 5. The maximum absolute atomic E-state index is 13.7. The first-order chi connectivity index (χ1) is 8.21. The molecule has 0 atom stereocenters. The van der Waals surface area contributed by atoms with E-state index in [2.05, 4.69) is 20.9 Å².